The first kappa shape index (κ1) is 13.6. The maximum atomic E-state index is 13.3. The lowest BCUT2D eigenvalue weighted by atomic mass is 10.1. The van der Waals surface area contributed by atoms with E-state index in [1.807, 2.05) is 0 Å². The van der Waals surface area contributed by atoms with E-state index >= 15 is 0 Å². The summed E-state index contributed by atoms with van der Waals surface area (Å²) in [6, 6.07) is 10.6. The molecule has 2 aromatic carbocycles. The highest BCUT2D eigenvalue weighted by Crippen LogP contribution is 2.30. The molecule has 1 aliphatic heterocycles. The summed E-state index contributed by atoms with van der Waals surface area (Å²) in [5.41, 5.74) is 7.33. The van der Waals surface area contributed by atoms with Crippen molar-refractivity contribution < 1.29 is 12.8 Å². The van der Waals surface area contributed by atoms with Crippen molar-refractivity contribution in [1.82, 2.24) is 0 Å². The third-order valence-corrected chi connectivity index (χ3v) is 4.50. The van der Waals surface area contributed by atoms with Crippen molar-refractivity contribution in [2.75, 3.05) is 10.6 Å². The lowest BCUT2D eigenvalue weighted by molar-refractivity contribution is 0.597. The molecule has 0 atom stereocenters. The molecule has 0 aromatic heterocycles. The van der Waals surface area contributed by atoms with Gasteiger partial charge in [0.2, 0.25) is 0 Å². The van der Waals surface area contributed by atoms with E-state index in [-0.39, 0.29) is 11.4 Å². The number of nitrogens with zero attached hydrogens (tertiary/aromatic N) is 2. The average molecular weight is 305 g/mol. The summed E-state index contributed by atoms with van der Waals surface area (Å²) < 4.78 is 40.7. The van der Waals surface area contributed by atoms with E-state index in [0.717, 1.165) is 0 Å². The maximum Gasteiger partial charge on any atom is 0.285 e. The van der Waals surface area contributed by atoms with Gasteiger partial charge < -0.3 is 10.6 Å². The molecule has 0 radical (unpaired) electrons. The van der Waals surface area contributed by atoms with Crippen LogP contribution in [0.5, 0.6) is 0 Å². The fraction of sp³-hybridized carbons (Fsp3) is 0.0714. The van der Waals surface area contributed by atoms with Crippen LogP contribution in [0.3, 0.4) is 0 Å². The van der Waals surface area contributed by atoms with Crippen LogP contribution in [0.2, 0.25) is 0 Å². The summed E-state index contributed by atoms with van der Waals surface area (Å²) in [5.74, 6) is -0.394. The highest BCUT2D eigenvalue weighted by Gasteiger charge is 2.25. The number of halogens is 1. The van der Waals surface area contributed by atoms with Crippen LogP contribution in [0.4, 0.5) is 15.8 Å². The fourth-order valence-corrected chi connectivity index (χ4v) is 3.22. The first-order valence-corrected chi connectivity index (χ1v) is 7.61. The number of nitrogen functional groups attached to an aromatic ring is 1. The Kier molecular flexibility index (Phi) is 3.13. The van der Waals surface area contributed by atoms with E-state index in [1.54, 1.807) is 23.1 Å². The molecule has 0 saturated carbocycles. The van der Waals surface area contributed by atoms with E-state index in [4.69, 9.17) is 5.73 Å². The van der Waals surface area contributed by atoms with Crippen molar-refractivity contribution in [3.8, 4) is 0 Å². The molecule has 0 amide bonds. The molecule has 21 heavy (non-hydrogen) atoms. The number of hydrogen-bond donors (Lipinski definition) is 1. The number of benzene rings is 2. The van der Waals surface area contributed by atoms with Crippen LogP contribution >= 0.6 is 0 Å². The van der Waals surface area contributed by atoms with Crippen molar-refractivity contribution >= 4 is 27.7 Å². The number of sulfonamides is 1. The predicted molar refractivity (Wildman–Crippen MR) is 79.1 cm³/mol. The van der Waals surface area contributed by atoms with Crippen LogP contribution in [-0.4, -0.2) is 14.8 Å². The minimum Gasteiger partial charge on any atom is -0.398 e. The Morgan fingerprint density at radius 3 is 2.76 bits per heavy atom. The summed E-state index contributed by atoms with van der Waals surface area (Å²) in [7, 11) is -3.66. The van der Waals surface area contributed by atoms with Gasteiger partial charge in [-0.15, -0.1) is 4.40 Å². The molecule has 0 saturated heterocycles. The summed E-state index contributed by atoms with van der Waals surface area (Å²) in [5, 5.41) is 0. The van der Waals surface area contributed by atoms with Crippen molar-refractivity contribution in [1.29, 1.82) is 0 Å². The van der Waals surface area contributed by atoms with Crippen LogP contribution in [0.25, 0.3) is 0 Å². The van der Waals surface area contributed by atoms with Gasteiger partial charge in [-0.2, -0.15) is 8.42 Å². The molecular weight excluding hydrogens is 293 g/mol. The normalized spacial score (nSPS) is 15.8. The molecule has 108 valence electrons. The molecule has 0 aliphatic carbocycles. The van der Waals surface area contributed by atoms with Crippen LogP contribution in [-0.2, 0) is 16.6 Å². The zero-order valence-electron chi connectivity index (χ0n) is 10.9. The summed E-state index contributed by atoms with van der Waals surface area (Å²) in [4.78, 5) is 1.75. The SMILES string of the molecule is Nc1ccc(F)cc1CN1C=NS(=O)(=O)c2ccccc21. The van der Waals surface area contributed by atoms with Gasteiger partial charge >= 0.3 is 0 Å². The highest BCUT2D eigenvalue weighted by atomic mass is 32.2. The molecule has 0 spiro atoms. The van der Waals surface area contributed by atoms with Gasteiger partial charge in [-0.05, 0) is 35.9 Å². The molecule has 5 nitrogen and oxygen atoms in total. The van der Waals surface area contributed by atoms with E-state index in [0.29, 0.717) is 16.9 Å². The lowest BCUT2D eigenvalue weighted by Gasteiger charge is -2.25. The molecule has 1 heterocycles. The van der Waals surface area contributed by atoms with Crippen LogP contribution in [0.15, 0.2) is 51.8 Å². The average Bonchev–Trinajstić information content (AvgIpc) is 2.46. The molecule has 0 unspecified atom stereocenters. The van der Waals surface area contributed by atoms with Gasteiger partial charge in [-0.1, -0.05) is 12.1 Å². The molecule has 0 fully saturated rings. The largest absolute Gasteiger partial charge is 0.398 e. The number of rotatable bonds is 2. The number of para-hydroxylation sites is 1. The zero-order chi connectivity index (χ0) is 15.0. The first-order chi connectivity index (χ1) is 9.97. The molecule has 2 N–H and O–H groups in total. The number of nitrogens with two attached hydrogens (primary N) is 1. The Labute approximate surface area is 121 Å². The molecule has 0 bridgehead atoms. The molecule has 3 rings (SSSR count). The van der Waals surface area contributed by atoms with Crippen molar-refractivity contribution in [3.63, 3.8) is 0 Å². The van der Waals surface area contributed by atoms with Crippen molar-refractivity contribution in [2.24, 2.45) is 4.40 Å². The molecule has 7 heteroatoms. The van der Waals surface area contributed by atoms with Gasteiger partial charge in [-0.3, -0.25) is 0 Å². The summed E-state index contributed by atoms with van der Waals surface area (Å²) in [6.07, 6.45) is 1.22. The number of fused-ring (bicyclic) bond motifs is 1. The van der Waals surface area contributed by atoms with Crippen molar-refractivity contribution in [3.05, 3.63) is 53.8 Å². The Hall–Kier alpha value is -2.41. The summed E-state index contributed by atoms with van der Waals surface area (Å²) >= 11 is 0. The van der Waals surface area contributed by atoms with Crippen LogP contribution in [0, 0.1) is 5.82 Å². The third-order valence-electron chi connectivity index (χ3n) is 3.22. The quantitative estimate of drug-likeness (QED) is 0.863. The smallest absolute Gasteiger partial charge is 0.285 e. The van der Waals surface area contributed by atoms with E-state index in [1.165, 1.54) is 30.6 Å². The first-order valence-electron chi connectivity index (χ1n) is 6.17. The van der Waals surface area contributed by atoms with Crippen LogP contribution in [0.1, 0.15) is 5.56 Å². The zero-order valence-corrected chi connectivity index (χ0v) is 11.7. The molecule has 2 aromatic rings. The number of hydrogen-bond acceptors (Lipinski definition) is 4. The second kappa shape index (κ2) is 4.85. The van der Waals surface area contributed by atoms with E-state index in [9.17, 15) is 12.8 Å². The van der Waals surface area contributed by atoms with Gasteiger partial charge in [0.1, 0.15) is 17.1 Å². The second-order valence-corrected chi connectivity index (χ2v) is 6.24. The van der Waals surface area contributed by atoms with Gasteiger partial charge in [0.05, 0.1) is 12.2 Å². The van der Waals surface area contributed by atoms with Crippen molar-refractivity contribution in [2.45, 2.75) is 11.4 Å². The Morgan fingerprint density at radius 2 is 1.95 bits per heavy atom. The van der Waals surface area contributed by atoms with E-state index < -0.39 is 15.8 Å². The molecule has 1 aliphatic rings. The third kappa shape index (κ3) is 2.47. The Bertz CT molecular complexity index is 834. The lowest BCUT2D eigenvalue weighted by Crippen LogP contribution is -2.27. The van der Waals surface area contributed by atoms with Gasteiger partial charge in [0.15, 0.2) is 0 Å². The van der Waals surface area contributed by atoms with Gasteiger partial charge in [0.25, 0.3) is 10.0 Å². The number of anilines is 2. The highest BCUT2D eigenvalue weighted by molar-refractivity contribution is 7.90. The second-order valence-electron chi connectivity index (χ2n) is 4.63. The minimum atomic E-state index is -3.66. The van der Waals surface area contributed by atoms with Crippen LogP contribution < -0.4 is 10.6 Å². The monoisotopic (exact) mass is 305 g/mol. The standard InChI is InChI=1S/C14H12FN3O2S/c15-11-5-6-12(16)10(7-11)8-18-9-17-21(19,20)14-4-2-1-3-13(14)18/h1-7,9H,8,16H2. The fourth-order valence-electron chi connectivity index (χ4n) is 2.17. The van der Waals surface area contributed by atoms with Gasteiger partial charge in [-0.25, -0.2) is 4.39 Å². The van der Waals surface area contributed by atoms with Gasteiger partial charge in [0, 0.05) is 5.69 Å². The Morgan fingerprint density at radius 1 is 1.19 bits per heavy atom. The maximum absolute atomic E-state index is 13.3. The Balaban J connectivity index is 2.03. The minimum absolute atomic E-state index is 0.127. The van der Waals surface area contributed by atoms with E-state index in [2.05, 4.69) is 4.40 Å². The predicted octanol–water partition coefficient (Wildman–Crippen LogP) is 2.15. The topological polar surface area (TPSA) is 75.8 Å². The molecular formula is C14H12FN3O2S. The summed E-state index contributed by atoms with van der Waals surface area (Å²) in [6.45, 7) is 0.236.